The van der Waals surface area contributed by atoms with Gasteiger partial charge in [0.05, 0.1) is 18.6 Å². The number of carbonyl (C=O) groups excluding carboxylic acids is 1. The number of hydrogen-bond acceptors (Lipinski definition) is 4. The second kappa shape index (κ2) is 8.09. The second-order valence-corrected chi connectivity index (χ2v) is 7.10. The Balaban J connectivity index is 2.13. The molecule has 134 valence electrons. The third-order valence-corrected chi connectivity index (χ3v) is 5.41. The van der Waals surface area contributed by atoms with Crippen molar-refractivity contribution < 1.29 is 22.3 Å². The number of rotatable bonds is 7. The van der Waals surface area contributed by atoms with Crippen molar-refractivity contribution >= 4 is 21.6 Å². The molecule has 0 aliphatic rings. The highest BCUT2D eigenvalue weighted by atomic mass is 32.2. The van der Waals surface area contributed by atoms with Crippen LogP contribution in [0.1, 0.15) is 6.92 Å². The maximum absolute atomic E-state index is 13.2. The zero-order valence-electron chi connectivity index (χ0n) is 13.9. The van der Waals surface area contributed by atoms with Crippen LogP contribution in [0.25, 0.3) is 0 Å². The minimum absolute atomic E-state index is 0.0636. The topological polar surface area (TPSA) is 75.7 Å². The SMILES string of the molecule is CCN(CC(=O)Nc1cccc(F)c1)S(=O)(=O)c1ccc(OC)cc1. The number of hydrogen-bond donors (Lipinski definition) is 1. The highest BCUT2D eigenvalue weighted by Gasteiger charge is 2.25. The van der Waals surface area contributed by atoms with Crippen molar-refractivity contribution in [3.63, 3.8) is 0 Å². The van der Waals surface area contributed by atoms with Crippen LogP contribution in [0, 0.1) is 5.82 Å². The molecule has 0 unspecified atom stereocenters. The molecule has 1 N–H and O–H groups in total. The van der Waals surface area contributed by atoms with Crippen LogP contribution in [-0.4, -0.2) is 38.8 Å². The quantitative estimate of drug-likeness (QED) is 0.817. The largest absolute Gasteiger partial charge is 0.497 e. The average Bonchev–Trinajstić information content (AvgIpc) is 2.59. The first-order valence-corrected chi connectivity index (χ1v) is 9.00. The van der Waals surface area contributed by atoms with Gasteiger partial charge in [0.25, 0.3) is 0 Å². The Morgan fingerprint density at radius 2 is 1.88 bits per heavy atom. The van der Waals surface area contributed by atoms with Crippen molar-refractivity contribution in [1.82, 2.24) is 4.31 Å². The van der Waals surface area contributed by atoms with E-state index in [2.05, 4.69) is 5.32 Å². The van der Waals surface area contributed by atoms with E-state index in [1.54, 1.807) is 6.92 Å². The lowest BCUT2D eigenvalue weighted by Gasteiger charge is -2.20. The van der Waals surface area contributed by atoms with Crippen molar-refractivity contribution in [2.45, 2.75) is 11.8 Å². The smallest absolute Gasteiger partial charge is 0.243 e. The molecule has 2 aromatic rings. The molecule has 8 heteroatoms. The van der Waals surface area contributed by atoms with Crippen LogP contribution in [-0.2, 0) is 14.8 Å². The predicted molar refractivity (Wildman–Crippen MR) is 92.5 cm³/mol. The molecule has 25 heavy (non-hydrogen) atoms. The summed E-state index contributed by atoms with van der Waals surface area (Å²) in [5.74, 6) is -0.508. The second-order valence-electron chi connectivity index (χ2n) is 5.17. The highest BCUT2D eigenvalue weighted by molar-refractivity contribution is 7.89. The number of halogens is 1. The lowest BCUT2D eigenvalue weighted by molar-refractivity contribution is -0.116. The molecule has 0 atom stereocenters. The van der Waals surface area contributed by atoms with Gasteiger partial charge in [-0.2, -0.15) is 4.31 Å². The molecule has 0 aliphatic heterocycles. The molecule has 2 aromatic carbocycles. The fourth-order valence-electron chi connectivity index (χ4n) is 2.19. The molecule has 6 nitrogen and oxygen atoms in total. The van der Waals surface area contributed by atoms with Gasteiger partial charge in [-0.3, -0.25) is 4.79 Å². The van der Waals surface area contributed by atoms with Gasteiger partial charge in [-0.1, -0.05) is 13.0 Å². The summed E-state index contributed by atoms with van der Waals surface area (Å²) in [5.41, 5.74) is 0.267. The number of benzene rings is 2. The van der Waals surface area contributed by atoms with E-state index in [1.165, 1.54) is 49.6 Å². The molecule has 0 bridgehead atoms. The average molecular weight is 366 g/mol. The van der Waals surface area contributed by atoms with E-state index in [0.717, 1.165) is 10.4 Å². The van der Waals surface area contributed by atoms with Crippen molar-refractivity contribution in [2.75, 3.05) is 25.5 Å². The molecular formula is C17H19FN2O4S. The van der Waals surface area contributed by atoms with E-state index >= 15 is 0 Å². The molecule has 0 saturated carbocycles. The normalized spacial score (nSPS) is 11.4. The summed E-state index contributed by atoms with van der Waals surface area (Å²) in [6, 6.07) is 11.3. The minimum Gasteiger partial charge on any atom is -0.497 e. The van der Waals surface area contributed by atoms with E-state index in [0.29, 0.717) is 5.75 Å². The molecule has 0 aromatic heterocycles. The monoisotopic (exact) mass is 366 g/mol. The lowest BCUT2D eigenvalue weighted by Crippen LogP contribution is -2.37. The number of anilines is 1. The molecule has 0 fully saturated rings. The number of ether oxygens (including phenoxy) is 1. The van der Waals surface area contributed by atoms with Crippen LogP contribution in [0.4, 0.5) is 10.1 Å². The molecular weight excluding hydrogens is 347 g/mol. The Morgan fingerprint density at radius 3 is 2.44 bits per heavy atom. The van der Waals surface area contributed by atoms with Crippen LogP contribution in [0.15, 0.2) is 53.4 Å². The number of methoxy groups -OCH3 is 1. The standard InChI is InChI=1S/C17H19FN2O4S/c1-3-20(12-17(21)19-14-6-4-5-13(18)11-14)25(22,23)16-9-7-15(24-2)8-10-16/h4-11H,3,12H2,1-2H3,(H,19,21). The molecule has 1 amide bonds. The Hall–Kier alpha value is -2.45. The summed E-state index contributed by atoms with van der Waals surface area (Å²) in [5, 5.41) is 2.48. The van der Waals surface area contributed by atoms with Crippen LogP contribution in [0.2, 0.25) is 0 Å². The summed E-state index contributed by atoms with van der Waals surface area (Å²) < 4.78 is 44.5. The fourth-order valence-corrected chi connectivity index (χ4v) is 3.60. The van der Waals surface area contributed by atoms with Gasteiger partial charge in [0.1, 0.15) is 11.6 Å². The van der Waals surface area contributed by atoms with Crippen LogP contribution in [0.3, 0.4) is 0 Å². The van der Waals surface area contributed by atoms with Gasteiger partial charge in [0.15, 0.2) is 0 Å². The van der Waals surface area contributed by atoms with Crippen molar-refractivity contribution in [2.24, 2.45) is 0 Å². The Kier molecular flexibility index (Phi) is 6.11. The third kappa shape index (κ3) is 4.77. The highest BCUT2D eigenvalue weighted by Crippen LogP contribution is 2.19. The molecule has 0 heterocycles. The van der Waals surface area contributed by atoms with Crippen LogP contribution in [0.5, 0.6) is 5.75 Å². The van der Waals surface area contributed by atoms with Gasteiger partial charge >= 0.3 is 0 Å². The van der Waals surface area contributed by atoms with Gasteiger partial charge in [0.2, 0.25) is 15.9 Å². The lowest BCUT2D eigenvalue weighted by atomic mass is 10.3. The molecule has 0 saturated heterocycles. The Bertz CT molecular complexity index is 838. The summed E-state index contributed by atoms with van der Waals surface area (Å²) in [7, 11) is -2.34. The maximum atomic E-state index is 13.2. The van der Waals surface area contributed by atoms with Gasteiger partial charge < -0.3 is 10.1 Å². The van der Waals surface area contributed by atoms with Gasteiger partial charge in [-0.25, -0.2) is 12.8 Å². The number of amides is 1. The van der Waals surface area contributed by atoms with E-state index in [9.17, 15) is 17.6 Å². The number of likely N-dealkylation sites (N-methyl/N-ethyl adjacent to an activating group) is 1. The summed E-state index contributed by atoms with van der Waals surface area (Å²) >= 11 is 0. The Labute approximate surface area is 146 Å². The number of nitrogens with one attached hydrogen (secondary N) is 1. The van der Waals surface area contributed by atoms with E-state index in [-0.39, 0.29) is 23.7 Å². The first-order chi connectivity index (χ1) is 11.9. The maximum Gasteiger partial charge on any atom is 0.243 e. The summed E-state index contributed by atoms with van der Waals surface area (Å²) in [6.07, 6.45) is 0. The molecule has 0 aliphatic carbocycles. The molecule has 2 rings (SSSR count). The molecule has 0 radical (unpaired) electrons. The van der Waals surface area contributed by atoms with Gasteiger partial charge in [-0.05, 0) is 42.5 Å². The summed E-state index contributed by atoms with van der Waals surface area (Å²) in [6.45, 7) is 1.38. The van der Waals surface area contributed by atoms with Crippen LogP contribution < -0.4 is 10.1 Å². The van der Waals surface area contributed by atoms with Crippen molar-refractivity contribution in [1.29, 1.82) is 0 Å². The van der Waals surface area contributed by atoms with Gasteiger partial charge in [-0.15, -0.1) is 0 Å². The van der Waals surface area contributed by atoms with Crippen LogP contribution >= 0.6 is 0 Å². The Morgan fingerprint density at radius 1 is 1.20 bits per heavy atom. The first kappa shape index (κ1) is 18.9. The third-order valence-electron chi connectivity index (χ3n) is 3.48. The zero-order valence-corrected chi connectivity index (χ0v) is 14.7. The minimum atomic E-state index is -3.83. The van der Waals surface area contributed by atoms with Crippen molar-refractivity contribution in [3.8, 4) is 5.75 Å². The zero-order chi connectivity index (χ0) is 18.4. The number of nitrogens with zero attached hydrogens (tertiary/aromatic N) is 1. The predicted octanol–water partition coefficient (Wildman–Crippen LogP) is 2.48. The van der Waals surface area contributed by atoms with Gasteiger partial charge in [0, 0.05) is 12.2 Å². The number of carbonyl (C=O) groups is 1. The summed E-state index contributed by atoms with van der Waals surface area (Å²) in [4.78, 5) is 12.2. The van der Waals surface area contributed by atoms with E-state index in [1.807, 2.05) is 0 Å². The number of sulfonamides is 1. The molecule has 0 spiro atoms. The first-order valence-electron chi connectivity index (χ1n) is 7.56. The van der Waals surface area contributed by atoms with E-state index < -0.39 is 21.7 Å². The van der Waals surface area contributed by atoms with E-state index in [4.69, 9.17) is 4.74 Å². The van der Waals surface area contributed by atoms with Crippen molar-refractivity contribution in [3.05, 3.63) is 54.3 Å². The fraction of sp³-hybridized carbons (Fsp3) is 0.235.